The Balaban J connectivity index is 1.84. The van der Waals surface area contributed by atoms with Crippen LogP contribution in [0.15, 0.2) is 0 Å². The summed E-state index contributed by atoms with van der Waals surface area (Å²) in [5.41, 5.74) is 5.30. The van der Waals surface area contributed by atoms with E-state index in [1.807, 2.05) is 6.92 Å². The van der Waals surface area contributed by atoms with Crippen molar-refractivity contribution in [1.82, 2.24) is 20.5 Å². The number of nitrogens with one attached hydrogen (secondary N) is 2. The zero-order valence-corrected chi connectivity index (χ0v) is 9.06. The van der Waals surface area contributed by atoms with Crippen LogP contribution < -0.4 is 11.1 Å². The van der Waals surface area contributed by atoms with Crippen molar-refractivity contribution in [3.63, 3.8) is 0 Å². The summed E-state index contributed by atoms with van der Waals surface area (Å²) in [5.74, 6) is 0.291. The molecule has 0 aliphatic carbocycles. The normalized spacial score (nSPS) is 24.6. The van der Waals surface area contributed by atoms with E-state index in [0.29, 0.717) is 12.5 Å². The zero-order chi connectivity index (χ0) is 11.5. The van der Waals surface area contributed by atoms with Gasteiger partial charge in [-0.25, -0.2) is 0 Å². The fourth-order valence-corrected chi connectivity index (χ4v) is 1.73. The summed E-state index contributed by atoms with van der Waals surface area (Å²) in [5, 5.41) is 8.83. The van der Waals surface area contributed by atoms with Crippen LogP contribution in [0.4, 0.5) is 5.95 Å². The maximum Gasteiger partial charge on any atom is 0.288 e. The minimum atomic E-state index is -0.289. The number of amides is 1. The Hall–Kier alpha value is -1.63. The first kappa shape index (κ1) is 10.9. The maximum absolute atomic E-state index is 11.6. The van der Waals surface area contributed by atoms with Gasteiger partial charge in [0.05, 0.1) is 6.10 Å². The molecule has 7 heteroatoms. The van der Waals surface area contributed by atoms with Crippen LogP contribution in [0.1, 0.15) is 24.0 Å². The molecule has 2 heterocycles. The van der Waals surface area contributed by atoms with Gasteiger partial charge in [0.25, 0.3) is 5.91 Å². The third-order valence-electron chi connectivity index (χ3n) is 2.78. The van der Waals surface area contributed by atoms with Gasteiger partial charge in [-0.1, -0.05) is 0 Å². The highest BCUT2D eigenvalue weighted by molar-refractivity contribution is 5.90. The number of carbonyl (C=O) groups excluding carboxylic acids is 1. The molecule has 1 fully saturated rings. The van der Waals surface area contributed by atoms with E-state index in [9.17, 15) is 4.79 Å². The molecule has 1 aromatic rings. The maximum atomic E-state index is 11.6. The Morgan fingerprint density at radius 2 is 2.56 bits per heavy atom. The predicted molar refractivity (Wildman–Crippen MR) is 56.6 cm³/mol. The van der Waals surface area contributed by atoms with Crippen molar-refractivity contribution in [2.24, 2.45) is 5.92 Å². The molecule has 2 atom stereocenters. The van der Waals surface area contributed by atoms with Crippen LogP contribution in [0.5, 0.6) is 0 Å². The molecule has 2 rings (SSSR count). The molecule has 4 N–H and O–H groups in total. The number of nitrogens with zero attached hydrogens (tertiary/aromatic N) is 2. The smallest absolute Gasteiger partial charge is 0.288 e. The lowest BCUT2D eigenvalue weighted by Crippen LogP contribution is -2.32. The van der Waals surface area contributed by atoms with E-state index in [1.54, 1.807) is 0 Å². The van der Waals surface area contributed by atoms with Crippen molar-refractivity contribution in [2.45, 2.75) is 19.4 Å². The molecule has 1 saturated heterocycles. The lowest BCUT2D eigenvalue weighted by molar-refractivity contribution is 0.0899. The number of hydrogen-bond donors (Lipinski definition) is 3. The van der Waals surface area contributed by atoms with Gasteiger partial charge < -0.3 is 15.8 Å². The molecular formula is C9H15N5O2. The van der Waals surface area contributed by atoms with Gasteiger partial charge in [0.2, 0.25) is 11.8 Å². The highest BCUT2D eigenvalue weighted by Crippen LogP contribution is 2.19. The number of hydrogen-bond acceptors (Lipinski definition) is 5. The van der Waals surface area contributed by atoms with Crippen molar-refractivity contribution >= 4 is 11.9 Å². The number of H-pyrrole nitrogens is 1. The molecule has 88 valence electrons. The van der Waals surface area contributed by atoms with Gasteiger partial charge in [0, 0.05) is 19.1 Å². The quantitative estimate of drug-likeness (QED) is 0.645. The summed E-state index contributed by atoms with van der Waals surface area (Å²) < 4.78 is 5.40. The van der Waals surface area contributed by atoms with E-state index in [4.69, 9.17) is 10.5 Å². The molecule has 0 radical (unpaired) electrons. The summed E-state index contributed by atoms with van der Waals surface area (Å²) in [6.45, 7) is 3.35. The lowest BCUT2D eigenvalue weighted by Gasteiger charge is -2.13. The van der Waals surface area contributed by atoms with E-state index in [0.717, 1.165) is 13.0 Å². The first-order chi connectivity index (χ1) is 7.66. The molecule has 16 heavy (non-hydrogen) atoms. The second-order valence-corrected chi connectivity index (χ2v) is 3.88. The molecule has 7 nitrogen and oxygen atoms in total. The van der Waals surface area contributed by atoms with Crippen LogP contribution in [0, 0.1) is 5.92 Å². The Morgan fingerprint density at radius 3 is 3.12 bits per heavy atom. The fourth-order valence-electron chi connectivity index (χ4n) is 1.73. The molecule has 2 unspecified atom stereocenters. The zero-order valence-electron chi connectivity index (χ0n) is 9.06. The summed E-state index contributed by atoms with van der Waals surface area (Å²) in [6, 6.07) is 0. The van der Waals surface area contributed by atoms with Gasteiger partial charge in [-0.15, -0.1) is 5.10 Å². The summed E-state index contributed by atoms with van der Waals surface area (Å²) in [6.07, 6.45) is 1.17. The fraction of sp³-hybridized carbons (Fsp3) is 0.667. The first-order valence-corrected chi connectivity index (χ1v) is 5.24. The molecular weight excluding hydrogens is 210 g/mol. The van der Waals surface area contributed by atoms with Crippen molar-refractivity contribution in [3.8, 4) is 0 Å². The topological polar surface area (TPSA) is 106 Å². The second kappa shape index (κ2) is 4.48. The van der Waals surface area contributed by atoms with Crippen molar-refractivity contribution in [2.75, 3.05) is 18.9 Å². The molecule has 0 spiro atoms. The van der Waals surface area contributed by atoms with Crippen LogP contribution in [0.2, 0.25) is 0 Å². The minimum absolute atomic E-state index is 0.0720. The Labute approximate surface area is 92.8 Å². The molecule has 1 aromatic heterocycles. The predicted octanol–water partition coefficient (Wildman–Crippen LogP) is -0.458. The van der Waals surface area contributed by atoms with Crippen molar-refractivity contribution in [1.29, 1.82) is 0 Å². The Kier molecular flexibility index (Phi) is 3.04. The second-order valence-electron chi connectivity index (χ2n) is 3.88. The number of aromatic amines is 1. The summed E-state index contributed by atoms with van der Waals surface area (Å²) in [7, 11) is 0. The number of carbonyl (C=O) groups is 1. The highest BCUT2D eigenvalue weighted by Gasteiger charge is 2.24. The van der Waals surface area contributed by atoms with Gasteiger partial charge in [-0.3, -0.25) is 9.89 Å². The van der Waals surface area contributed by atoms with Gasteiger partial charge in [-0.2, -0.15) is 4.98 Å². The van der Waals surface area contributed by atoms with Crippen LogP contribution in [-0.4, -0.2) is 40.3 Å². The average molecular weight is 225 g/mol. The molecule has 0 aromatic carbocycles. The SMILES string of the molecule is CC1OCCC1CNC(=O)c1nc(N)n[nH]1. The Morgan fingerprint density at radius 1 is 1.75 bits per heavy atom. The number of anilines is 1. The largest absolute Gasteiger partial charge is 0.378 e. The van der Waals surface area contributed by atoms with Crippen molar-refractivity contribution in [3.05, 3.63) is 5.82 Å². The molecule has 1 aliphatic heterocycles. The van der Waals surface area contributed by atoms with E-state index in [1.165, 1.54) is 0 Å². The minimum Gasteiger partial charge on any atom is -0.378 e. The number of nitrogen functional groups attached to an aromatic ring is 1. The van der Waals surface area contributed by atoms with Gasteiger partial charge in [-0.05, 0) is 13.3 Å². The average Bonchev–Trinajstić information content (AvgIpc) is 2.84. The van der Waals surface area contributed by atoms with E-state index < -0.39 is 0 Å². The number of rotatable bonds is 3. The molecule has 1 amide bonds. The highest BCUT2D eigenvalue weighted by atomic mass is 16.5. The van der Waals surface area contributed by atoms with Crippen molar-refractivity contribution < 1.29 is 9.53 Å². The van der Waals surface area contributed by atoms with E-state index >= 15 is 0 Å². The molecule has 0 bridgehead atoms. The van der Waals surface area contributed by atoms with Crippen LogP contribution in [0.3, 0.4) is 0 Å². The monoisotopic (exact) mass is 225 g/mol. The third kappa shape index (κ3) is 2.30. The van der Waals surface area contributed by atoms with Gasteiger partial charge in [0.15, 0.2) is 0 Å². The summed E-state index contributed by atoms with van der Waals surface area (Å²) in [4.78, 5) is 15.3. The van der Waals surface area contributed by atoms with Gasteiger partial charge in [0.1, 0.15) is 0 Å². The van der Waals surface area contributed by atoms with Crippen LogP contribution in [0.25, 0.3) is 0 Å². The van der Waals surface area contributed by atoms with E-state index in [-0.39, 0.29) is 23.8 Å². The number of ether oxygens (including phenoxy) is 1. The number of aromatic nitrogens is 3. The molecule has 1 aliphatic rings. The molecule has 0 saturated carbocycles. The Bertz CT molecular complexity index is 378. The third-order valence-corrected chi connectivity index (χ3v) is 2.78. The van der Waals surface area contributed by atoms with Crippen LogP contribution in [-0.2, 0) is 4.74 Å². The van der Waals surface area contributed by atoms with Gasteiger partial charge >= 0.3 is 0 Å². The van der Waals surface area contributed by atoms with Crippen LogP contribution >= 0.6 is 0 Å². The standard InChI is InChI=1S/C9H15N5O2/c1-5-6(2-3-16-5)4-11-8(15)7-12-9(10)14-13-7/h5-6H,2-4H2,1H3,(H,11,15)(H3,10,12,13,14). The number of nitrogens with two attached hydrogens (primary N) is 1. The first-order valence-electron chi connectivity index (χ1n) is 5.24. The van der Waals surface area contributed by atoms with E-state index in [2.05, 4.69) is 20.5 Å². The lowest BCUT2D eigenvalue weighted by atomic mass is 10.0. The summed E-state index contributed by atoms with van der Waals surface area (Å²) >= 11 is 0.